The highest BCUT2D eigenvalue weighted by Crippen LogP contribution is 2.19. The Morgan fingerprint density at radius 2 is 2.00 bits per heavy atom. The third-order valence-electron chi connectivity index (χ3n) is 3.84. The van der Waals surface area contributed by atoms with E-state index >= 15 is 0 Å². The van der Waals surface area contributed by atoms with Gasteiger partial charge >= 0.3 is 0 Å². The summed E-state index contributed by atoms with van der Waals surface area (Å²) in [6, 6.07) is 9.76. The molecule has 0 bridgehead atoms. The number of ether oxygens (including phenoxy) is 2. The molecule has 25 heavy (non-hydrogen) atoms. The Hall–Kier alpha value is -2.18. The van der Waals surface area contributed by atoms with E-state index in [9.17, 15) is 13.6 Å². The Balaban J connectivity index is 1.59. The molecule has 1 atom stereocenters. The van der Waals surface area contributed by atoms with Crippen molar-refractivity contribution in [1.82, 2.24) is 4.90 Å². The van der Waals surface area contributed by atoms with Crippen molar-refractivity contribution in [3.63, 3.8) is 0 Å². The van der Waals surface area contributed by atoms with E-state index in [-0.39, 0.29) is 18.3 Å². The Bertz CT molecular complexity index is 754. The number of hydrogen-bond donors (Lipinski definition) is 0. The van der Waals surface area contributed by atoms with Crippen LogP contribution in [-0.4, -0.2) is 43.2 Å². The standard InChI is InChI=1S/C18H16ClF2NO3/c19-13-3-1-12(2-4-13)18(23)22-7-8-24-15(10-22)11-25-17-6-5-14(20)9-16(17)21/h1-6,9,15H,7-8,10-11H2/t15-/m1/s1. The molecule has 0 spiro atoms. The number of morpholine rings is 1. The van der Waals surface area contributed by atoms with Gasteiger partial charge in [-0.25, -0.2) is 8.78 Å². The summed E-state index contributed by atoms with van der Waals surface area (Å²) in [4.78, 5) is 14.2. The molecule has 1 aliphatic heterocycles. The van der Waals surface area contributed by atoms with E-state index in [0.717, 1.165) is 12.1 Å². The fraction of sp³-hybridized carbons (Fsp3) is 0.278. The lowest BCUT2D eigenvalue weighted by Crippen LogP contribution is -2.47. The normalized spacial score (nSPS) is 17.4. The molecule has 3 rings (SSSR count). The summed E-state index contributed by atoms with van der Waals surface area (Å²) in [6.45, 7) is 1.21. The fourth-order valence-electron chi connectivity index (χ4n) is 2.55. The Morgan fingerprint density at radius 3 is 2.72 bits per heavy atom. The molecular formula is C18H16ClF2NO3. The van der Waals surface area contributed by atoms with Gasteiger partial charge in [-0.05, 0) is 36.4 Å². The topological polar surface area (TPSA) is 38.8 Å². The summed E-state index contributed by atoms with van der Waals surface area (Å²) in [6.07, 6.45) is -0.394. The van der Waals surface area contributed by atoms with Crippen LogP contribution in [-0.2, 0) is 4.74 Å². The predicted molar refractivity (Wildman–Crippen MR) is 88.9 cm³/mol. The van der Waals surface area contributed by atoms with Crippen molar-refractivity contribution in [3.8, 4) is 5.75 Å². The molecule has 0 unspecified atom stereocenters. The average Bonchev–Trinajstić information content (AvgIpc) is 2.61. The highest BCUT2D eigenvalue weighted by molar-refractivity contribution is 6.30. The number of carbonyl (C=O) groups is 1. The second kappa shape index (κ2) is 7.80. The number of halogens is 3. The maximum absolute atomic E-state index is 13.6. The van der Waals surface area contributed by atoms with Crippen molar-refractivity contribution < 1.29 is 23.0 Å². The maximum Gasteiger partial charge on any atom is 0.254 e. The Labute approximate surface area is 148 Å². The molecule has 1 heterocycles. The van der Waals surface area contributed by atoms with Gasteiger partial charge in [0.2, 0.25) is 0 Å². The van der Waals surface area contributed by atoms with E-state index in [4.69, 9.17) is 21.1 Å². The Morgan fingerprint density at radius 1 is 1.24 bits per heavy atom. The summed E-state index contributed by atoms with van der Waals surface area (Å²) >= 11 is 5.83. The van der Waals surface area contributed by atoms with Crippen molar-refractivity contribution in [2.45, 2.75) is 6.10 Å². The van der Waals surface area contributed by atoms with Crippen molar-refractivity contribution in [2.24, 2.45) is 0 Å². The second-order valence-electron chi connectivity index (χ2n) is 5.64. The van der Waals surface area contributed by atoms with Gasteiger partial charge in [-0.2, -0.15) is 0 Å². The minimum atomic E-state index is -0.773. The molecule has 1 aliphatic rings. The summed E-state index contributed by atoms with van der Waals surface area (Å²) < 4.78 is 37.4. The SMILES string of the molecule is O=C(c1ccc(Cl)cc1)N1CCO[C@@H](COc2ccc(F)cc2F)C1. The van der Waals surface area contributed by atoms with Gasteiger partial charge in [0.05, 0.1) is 13.2 Å². The maximum atomic E-state index is 13.6. The van der Waals surface area contributed by atoms with Crippen molar-refractivity contribution in [3.05, 3.63) is 64.7 Å². The van der Waals surface area contributed by atoms with Crippen LogP contribution in [0.2, 0.25) is 5.02 Å². The second-order valence-corrected chi connectivity index (χ2v) is 6.07. The van der Waals surface area contributed by atoms with E-state index < -0.39 is 17.7 Å². The highest BCUT2D eigenvalue weighted by atomic mass is 35.5. The van der Waals surface area contributed by atoms with Crippen LogP contribution in [0, 0.1) is 11.6 Å². The number of benzene rings is 2. The van der Waals surface area contributed by atoms with Crippen LogP contribution in [0.5, 0.6) is 5.75 Å². The zero-order valence-electron chi connectivity index (χ0n) is 13.3. The van der Waals surface area contributed by atoms with Gasteiger partial charge in [-0.3, -0.25) is 4.79 Å². The first-order valence-corrected chi connectivity index (χ1v) is 8.15. The molecule has 2 aromatic rings. The van der Waals surface area contributed by atoms with E-state index in [2.05, 4.69) is 0 Å². The van der Waals surface area contributed by atoms with E-state index in [1.165, 1.54) is 6.07 Å². The van der Waals surface area contributed by atoms with Crippen LogP contribution < -0.4 is 4.74 Å². The monoisotopic (exact) mass is 367 g/mol. The lowest BCUT2D eigenvalue weighted by Gasteiger charge is -2.33. The molecule has 0 saturated carbocycles. The predicted octanol–water partition coefficient (Wildman–Crippen LogP) is 3.54. The van der Waals surface area contributed by atoms with Crippen molar-refractivity contribution >= 4 is 17.5 Å². The summed E-state index contributed by atoms with van der Waals surface area (Å²) in [5.41, 5.74) is 0.538. The average molecular weight is 368 g/mol. The van der Waals surface area contributed by atoms with Gasteiger partial charge in [0.1, 0.15) is 18.5 Å². The summed E-state index contributed by atoms with van der Waals surface area (Å²) in [7, 11) is 0. The van der Waals surface area contributed by atoms with Crippen LogP contribution in [0.1, 0.15) is 10.4 Å². The smallest absolute Gasteiger partial charge is 0.254 e. The van der Waals surface area contributed by atoms with Gasteiger partial charge in [0, 0.05) is 23.2 Å². The zero-order valence-corrected chi connectivity index (χ0v) is 14.0. The van der Waals surface area contributed by atoms with Crippen LogP contribution in [0.3, 0.4) is 0 Å². The van der Waals surface area contributed by atoms with E-state index in [1.807, 2.05) is 0 Å². The number of nitrogens with zero attached hydrogens (tertiary/aromatic N) is 1. The molecule has 4 nitrogen and oxygen atoms in total. The first kappa shape index (κ1) is 17.6. The Kier molecular flexibility index (Phi) is 5.50. The quantitative estimate of drug-likeness (QED) is 0.829. The lowest BCUT2D eigenvalue weighted by atomic mass is 10.1. The van der Waals surface area contributed by atoms with Crippen molar-refractivity contribution in [1.29, 1.82) is 0 Å². The van der Waals surface area contributed by atoms with Crippen LogP contribution >= 0.6 is 11.6 Å². The molecule has 2 aromatic carbocycles. The first-order valence-electron chi connectivity index (χ1n) is 7.77. The summed E-state index contributed by atoms with van der Waals surface area (Å²) in [5, 5.41) is 0.561. The molecule has 1 fully saturated rings. The van der Waals surface area contributed by atoms with E-state index in [0.29, 0.717) is 30.3 Å². The number of carbonyl (C=O) groups excluding carboxylic acids is 1. The minimum absolute atomic E-state index is 0.0499. The molecule has 0 N–H and O–H groups in total. The van der Waals surface area contributed by atoms with Crippen LogP contribution in [0.15, 0.2) is 42.5 Å². The van der Waals surface area contributed by atoms with Crippen LogP contribution in [0.4, 0.5) is 8.78 Å². The van der Waals surface area contributed by atoms with Gasteiger partial charge in [-0.15, -0.1) is 0 Å². The molecule has 0 radical (unpaired) electrons. The number of rotatable bonds is 4. The third kappa shape index (κ3) is 4.46. The lowest BCUT2D eigenvalue weighted by molar-refractivity contribution is -0.0405. The van der Waals surface area contributed by atoms with Crippen LogP contribution in [0.25, 0.3) is 0 Å². The molecule has 1 saturated heterocycles. The molecule has 7 heteroatoms. The molecule has 0 aromatic heterocycles. The third-order valence-corrected chi connectivity index (χ3v) is 4.09. The molecule has 1 amide bonds. The van der Waals surface area contributed by atoms with Gasteiger partial charge < -0.3 is 14.4 Å². The van der Waals surface area contributed by atoms with Crippen molar-refractivity contribution in [2.75, 3.05) is 26.3 Å². The first-order chi connectivity index (χ1) is 12.0. The minimum Gasteiger partial charge on any atom is -0.488 e. The number of hydrogen-bond acceptors (Lipinski definition) is 3. The van der Waals surface area contributed by atoms with Gasteiger partial charge in [0.25, 0.3) is 5.91 Å². The highest BCUT2D eigenvalue weighted by Gasteiger charge is 2.25. The summed E-state index contributed by atoms with van der Waals surface area (Å²) in [5.74, 6) is -1.62. The molecule has 0 aliphatic carbocycles. The van der Waals surface area contributed by atoms with Gasteiger partial charge in [-0.1, -0.05) is 11.6 Å². The largest absolute Gasteiger partial charge is 0.488 e. The molecular weight excluding hydrogens is 352 g/mol. The van der Waals surface area contributed by atoms with E-state index in [1.54, 1.807) is 29.2 Å². The number of amides is 1. The van der Waals surface area contributed by atoms with Gasteiger partial charge in [0.15, 0.2) is 11.6 Å². The molecule has 132 valence electrons. The zero-order chi connectivity index (χ0) is 17.8. The fourth-order valence-corrected chi connectivity index (χ4v) is 2.68.